The third-order valence-electron chi connectivity index (χ3n) is 3.55. The van der Waals surface area contributed by atoms with E-state index in [2.05, 4.69) is 15.4 Å². The van der Waals surface area contributed by atoms with Gasteiger partial charge in [-0.2, -0.15) is 5.10 Å². The molecule has 1 amide bonds. The Labute approximate surface area is 169 Å². The van der Waals surface area contributed by atoms with Crippen LogP contribution in [0.2, 0.25) is 5.02 Å². The summed E-state index contributed by atoms with van der Waals surface area (Å²) >= 11 is 9.13. The highest BCUT2D eigenvalue weighted by Gasteiger charge is 2.08. The molecule has 0 aliphatic rings. The van der Waals surface area contributed by atoms with Gasteiger partial charge in [-0.3, -0.25) is 9.59 Å². The summed E-state index contributed by atoms with van der Waals surface area (Å²) in [6, 6.07) is 10.8. The Morgan fingerprint density at radius 1 is 1.30 bits per heavy atom. The van der Waals surface area contributed by atoms with Crippen LogP contribution >= 0.6 is 34.7 Å². The third-order valence-corrected chi connectivity index (χ3v) is 5.93. The maximum atomic E-state index is 12.0. The zero-order valence-electron chi connectivity index (χ0n) is 14.3. The molecule has 1 N–H and O–H groups in total. The summed E-state index contributed by atoms with van der Waals surface area (Å²) in [5, 5.41) is 9.34. The van der Waals surface area contributed by atoms with Crippen molar-refractivity contribution >= 4 is 40.6 Å². The minimum absolute atomic E-state index is 0.129. The van der Waals surface area contributed by atoms with Gasteiger partial charge in [0.2, 0.25) is 5.91 Å². The van der Waals surface area contributed by atoms with Gasteiger partial charge in [-0.05, 0) is 23.8 Å². The number of benzene rings is 1. The van der Waals surface area contributed by atoms with Crippen LogP contribution in [0.3, 0.4) is 0 Å². The molecule has 0 aliphatic carbocycles. The van der Waals surface area contributed by atoms with Crippen LogP contribution in [-0.4, -0.2) is 27.2 Å². The molecule has 3 aromatic rings. The molecule has 0 fully saturated rings. The molecule has 2 heterocycles. The second-order valence-electron chi connectivity index (χ2n) is 5.64. The molecule has 0 bridgehead atoms. The number of thioether (sulfide) groups is 1. The van der Waals surface area contributed by atoms with Crippen molar-refractivity contribution in [1.29, 1.82) is 0 Å². The Balaban J connectivity index is 1.43. The zero-order valence-corrected chi connectivity index (χ0v) is 16.7. The highest BCUT2D eigenvalue weighted by Crippen LogP contribution is 2.27. The Morgan fingerprint density at radius 3 is 3.00 bits per heavy atom. The minimum atomic E-state index is -0.187. The number of hydrogen-bond donors (Lipinski definition) is 1. The number of halogens is 1. The molecular formula is C18H17ClN4O2S2. The first-order valence-electron chi connectivity index (χ1n) is 8.20. The van der Waals surface area contributed by atoms with Gasteiger partial charge >= 0.3 is 0 Å². The van der Waals surface area contributed by atoms with Crippen LogP contribution in [0, 0.1) is 0 Å². The normalized spacial score (nSPS) is 10.7. The average molecular weight is 421 g/mol. The van der Waals surface area contributed by atoms with Gasteiger partial charge in [-0.1, -0.05) is 35.5 Å². The average Bonchev–Trinajstić information content (AvgIpc) is 3.09. The second-order valence-corrected chi connectivity index (χ2v) is 8.15. The summed E-state index contributed by atoms with van der Waals surface area (Å²) in [4.78, 5) is 28.1. The molecule has 1 aromatic carbocycles. The van der Waals surface area contributed by atoms with Gasteiger partial charge in [0, 0.05) is 35.0 Å². The first-order chi connectivity index (χ1) is 13.1. The van der Waals surface area contributed by atoms with Crippen molar-refractivity contribution in [3.63, 3.8) is 0 Å². The lowest BCUT2D eigenvalue weighted by atomic mass is 10.2. The van der Waals surface area contributed by atoms with Gasteiger partial charge in [-0.15, -0.1) is 11.3 Å². The molecule has 140 valence electrons. The van der Waals surface area contributed by atoms with Crippen molar-refractivity contribution in [1.82, 2.24) is 20.1 Å². The van der Waals surface area contributed by atoms with E-state index in [4.69, 9.17) is 11.6 Å². The fourth-order valence-corrected chi connectivity index (χ4v) is 4.29. The number of carbonyl (C=O) groups is 1. The van der Waals surface area contributed by atoms with Crippen LogP contribution in [0.1, 0.15) is 11.3 Å². The molecule has 6 nitrogen and oxygen atoms in total. The number of hydrogen-bond acceptors (Lipinski definition) is 6. The van der Waals surface area contributed by atoms with E-state index >= 15 is 0 Å². The smallest absolute Gasteiger partial charge is 0.266 e. The van der Waals surface area contributed by atoms with E-state index in [1.54, 1.807) is 24.0 Å². The molecular weight excluding hydrogens is 404 g/mol. The van der Waals surface area contributed by atoms with E-state index in [1.165, 1.54) is 22.1 Å². The Kier molecular flexibility index (Phi) is 7.03. The van der Waals surface area contributed by atoms with Gasteiger partial charge in [-0.25, -0.2) is 9.67 Å². The molecule has 3 rings (SSSR count). The fraction of sp³-hybridized carbons (Fsp3) is 0.222. The molecule has 2 aromatic heterocycles. The quantitative estimate of drug-likeness (QED) is 0.567. The maximum Gasteiger partial charge on any atom is 0.266 e. The molecule has 0 atom stereocenters. The molecule has 0 spiro atoms. The van der Waals surface area contributed by atoms with Crippen LogP contribution in [0.25, 0.3) is 0 Å². The van der Waals surface area contributed by atoms with Gasteiger partial charge < -0.3 is 5.32 Å². The van der Waals surface area contributed by atoms with Gasteiger partial charge in [0.1, 0.15) is 4.34 Å². The third kappa shape index (κ3) is 6.20. The Morgan fingerprint density at radius 2 is 2.19 bits per heavy atom. The number of amides is 1. The summed E-state index contributed by atoms with van der Waals surface area (Å²) in [5.74, 6) is 0.647. The summed E-state index contributed by atoms with van der Waals surface area (Å²) in [6.45, 7) is 0.680. The van der Waals surface area contributed by atoms with Crippen molar-refractivity contribution in [2.24, 2.45) is 0 Å². The van der Waals surface area contributed by atoms with Crippen LogP contribution in [-0.2, 0) is 23.5 Å². The Bertz CT molecular complexity index is 974. The monoisotopic (exact) mass is 420 g/mol. The highest BCUT2D eigenvalue weighted by atomic mass is 35.5. The summed E-state index contributed by atoms with van der Waals surface area (Å²) in [5.41, 5.74) is 1.68. The minimum Gasteiger partial charge on any atom is -0.354 e. The molecule has 0 saturated carbocycles. The zero-order chi connectivity index (χ0) is 19.1. The van der Waals surface area contributed by atoms with Crippen LogP contribution in [0.5, 0.6) is 0 Å². The first kappa shape index (κ1) is 19.6. The van der Waals surface area contributed by atoms with E-state index in [0.29, 0.717) is 13.1 Å². The van der Waals surface area contributed by atoms with Crippen LogP contribution in [0.15, 0.2) is 57.1 Å². The number of rotatable bonds is 8. The lowest BCUT2D eigenvalue weighted by Gasteiger charge is -2.05. The van der Waals surface area contributed by atoms with E-state index in [-0.39, 0.29) is 17.9 Å². The largest absolute Gasteiger partial charge is 0.354 e. The molecule has 0 saturated heterocycles. The molecule has 0 radical (unpaired) electrons. The lowest BCUT2D eigenvalue weighted by molar-refractivity contribution is -0.120. The van der Waals surface area contributed by atoms with Gasteiger partial charge in [0.15, 0.2) is 0 Å². The van der Waals surface area contributed by atoms with Crippen LogP contribution < -0.4 is 10.9 Å². The predicted octanol–water partition coefficient (Wildman–Crippen LogP) is 3.00. The van der Waals surface area contributed by atoms with Crippen molar-refractivity contribution in [2.45, 2.75) is 23.1 Å². The van der Waals surface area contributed by atoms with E-state index < -0.39 is 0 Å². The lowest BCUT2D eigenvalue weighted by Crippen LogP contribution is -2.32. The first-order valence-corrected chi connectivity index (χ1v) is 10.4. The standard InChI is InChI=1S/C18H17ClN4O2S2/c19-14-4-1-3-13(9-14)11-26-18-22-15(12-27-18)10-16(24)20-7-8-23-17(25)5-2-6-21-23/h1-6,9,12H,7-8,10-11H2,(H,20,24). The number of nitrogens with zero attached hydrogens (tertiary/aromatic N) is 3. The van der Waals surface area contributed by atoms with E-state index in [1.807, 2.05) is 29.6 Å². The topological polar surface area (TPSA) is 76.9 Å². The summed E-state index contributed by atoms with van der Waals surface area (Å²) in [6.07, 6.45) is 1.76. The summed E-state index contributed by atoms with van der Waals surface area (Å²) in [7, 11) is 0. The van der Waals surface area contributed by atoms with Crippen LogP contribution in [0.4, 0.5) is 0 Å². The maximum absolute atomic E-state index is 12.0. The highest BCUT2D eigenvalue weighted by molar-refractivity contribution is 8.00. The molecule has 27 heavy (non-hydrogen) atoms. The SMILES string of the molecule is O=C(Cc1csc(SCc2cccc(Cl)c2)n1)NCCn1ncccc1=O. The molecule has 0 aliphatic heterocycles. The number of thiazole rings is 1. The van der Waals surface area contributed by atoms with E-state index in [9.17, 15) is 9.59 Å². The van der Waals surface area contributed by atoms with E-state index in [0.717, 1.165) is 26.4 Å². The van der Waals surface area contributed by atoms with Crippen molar-refractivity contribution in [3.05, 3.63) is 74.6 Å². The number of nitrogens with one attached hydrogen (secondary N) is 1. The Hall–Kier alpha value is -2.16. The van der Waals surface area contributed by atoms with Crippen molar-refractivity contribution in [2.75, 3.05) is 6.54 Å². The van der Waals surface area contributed by atoms with Crippen molar-refractivity contribution < 1.29 is 4.79 Å². The number of carbonyl (C=O) groups excluding carboxylic acids is 1. The molecule has 0 unspecified atom stereocenters. The summed E-state index contributed by atoms with van der Waals surface area (Å²) < 4.78 is 2.23. The van der Waals surface area contributed by atoms with Gasteiger partial charge in [0.05, 0.1) is 18.7 Å². The second kappa shape index (κ2) is 9.68. The fourth-order valence-electron chi connectivity index (χ4n) is 2.29. The molecule has 9 heteroatoms. The number of aromatic nitrogens is 3. The van der Waals surface area contributed by atoms with Crippen molar-refractivity contribution in [3.8, 4) is 0 Å². The predicted molar refractivity (Wildman–Crippen MR) is 108 cm³/mol. The van der Waals surface area contributed by atoms with Gasteiger partial charge in [0.25, 0.3) is 5.56 Å².